The number of nitrogens with one attached hydrogen (secondary N) is 2. The molecule has 0 unspecified atom stereocenters. The Bertz CT molecular complexity index is 1460. The molecular weight excluding hydrogens is 490 g/mol. The monoisotopic (exact) mass is 517 g/mol. The van der Waals surface area contributed by atoms with E-state index in [1.807, 2.05) is 30.3 Å². The van der Waals surface area contributed by atoms with Crippen molar-refractivity contribution in [1.29, 1.82) is 0 Å². The number of carbonyl (C=O) groups is 3. The van der Waals surface area contributed by atoms with E-state index in [4.69, 9.17) is 9.47 Å². The van der Waals surface area contributed by atoms with Crippen molar-refractivity contribution in [3.63, 3.8) is 0 Å². The molecule has 1 aliphatic carbocycles. The zero-order chi connectivity index (χ0) is 25.8. The summed E-state index contributed by atoms with van der Waals surface area (Å²) in [7, 11) is 0. The van der Waals surface area contributed by atoms with Gasteiger partial charge in [-0.25, -0.2) is 14.6 Å². The third-order valence-corrected chi connectivity index (χ3v) is 7.46. The molecule has 2 aromatic heterocycles. The smallest absolute Gasteiger partial charge is 0.341 e. The Morgan fingerprint density at radius 1 is 1.00 bits per heavy atom. The summed E-state index contributed by atoms with van der Waals surface area (Å²) in [6.45, 7) is 1.53. The number of imidazole rings is 1. The number of nitrogens with zero attached hydrogens (tertiary/aromatic N) is 1. The SMILES string of the molecule is CCOC(=O)c1c(NC(=O)COC(=O)c2ccc3nc(-c4ccccc4)[nH]c3c2)sc2c1CCCCC2. The van der Waals surface area contributed by atoms with E-state index in [0.29, 0.717) is 27.5 Å². The molecule has 4 aromatic rings. The van der Waals surface area contributed by atoms with Crippen LogP contribution in [0.1, 0.15) is 57.3 Å². The number of aryl methyl sites for hydroxylation is 1. The number of ether oxygens (including phenoxy) is 2. The van der Waals surface area contributed by atoms with Crippen molar-refractivity contribution in [2.24, 2.45) is 0 Å². The van der Waals surface area contributed by atoms with Crippen LogP contribution in [0.5, 0.6) is 0 Å². The Morgan fingerprint density at radius 3 is 2.62 bits per heavy atom. The number of thiophene rings is 1. The molecule has 0 radical (unpaired) electrons. The molecule has 0 bridgehead atoms. The average molecular weight is 518 g/mol. The fourth-order valence-corrected chi connectivity index (χ4v) is 5.79. The Balaban J connectivity index is 1.26. The highest BCUT2D eigenvalue weighted by Gasteiger charge is 2.27. The van der Waals surface area contributed by atoms with Gasteiger partial charge in [-0.15, -0.1) is 11.3 Å². The molecule has 0 spiro atoms. The number of aromatic nitrogens is 2. The van der Waals surface area contributed by atoms with Crippen molar-refractivity contribution >= 4 is 45.2 Å². The molecule has 0 fully saturated rings. The lowest BCUT2D eigenvalue weighted by molar-refractivity contribution is -0.119. The molecule has 0 atom stereocenters. The third kappa shape index (κ3) is 5.41. The molecule has 0 aliphatic heterocycles. The van der Waals surface area contributed by atoms with Gasteiger partial charge in [-0.1, -0.05) is 36.8 Å². The second kappa shape index (κ2) is 11.0. The second-order valence-corrected chi connectivity index (χ2v) is 9.90. The summed E-state index contributed by atoms with van der Waals surface area (Å²) in [5.41, 5.74) is 4.05. The van der Waals surface area contributed by atoms with E-state index in [-0.39, 0.29) is 6.61 Å². The lowest BCUT2D eigenvalue weighted by Crippen LogP contribution is -2.22. The number of fused-ring (bicyclic) bond motifs is 2. The van der Waals surface area contributed by atoms with Crippen LogP contribution in [0.3, 0.4) is 0 Å². The van der Waals surface area contributed by atoms with E-state index in [1.54, 1.807) is 25.1 Å². The minimum atomic E-state index is -0.625. The lowest BCUT2D eigenvalue weighted by atomic mass is 10.1. The van der Waals surface area contributed by atoms with Crippen molar-refractivity contribution in [2.75, 3.05) is 18.5 Å². The first-order valence-corrected chi connectivity index (χ1v) is 13.2. The maximum atomic E-state index is 12.7. The summed E-state index contributed by atoms with van der Waals surface area (Å²) >= 11 is 1.41. The van der Waals surface area contributed by atoms with E-state index in [1.165, 1.54) is 11.3 Å². The molecule has 9 heteroatoms. The molecule has 1 aliphatic rings. The Labute approximate surface area is 218 Å². The molecule has 8 nitrogen and oxygen atoms in total. The van der Waals surface area contributed by atoms with Crippen LogP contribution in [-0.4, -0.2) is 41.0 Å². The molecular formula is C28H27N3O5S. The predicted molar refractivity (Wildman–Crippen MR) is 142 cm³/mol. The summed E-state index contributed by atoms with van der Waals surface area (Å²) < 4.78 is 10.5. The van der Waals surface area contributed by atoms with E-state index in [0.717, 1.165) is 53.6 Å². The predicted octanol–water partition coefficient (Wildman–Crippen LogP) is 5.53. The zero-order valence-electron chi connectivity index (χ0n) is 20.5. The maximum absolute atomic E-state index is 12.7. The van der Waals surface area contributed by atoms with Crippen molar-refractivity contribution in [1.82, 2.24) is 9.97 Å². The normalized spacial score (nSPS) is 13.0. The van der Waals surface area contributed by atoms with Crippen molar-refractivity contribution in [3.8, 4) is 11.4 Å². The number of aromatic amines is 1. The van der Waals surface area contributed by atoms with E-state index >= 15 is 0 Å². The Kier molecular flexibility index (Phi) is 7.32. The van der Waals surface area contributed by atoms with Gasteiger partial charge in [-0.2, -0.15) is 0 Å². The second-order valence-electron chi connectivity index (χ2n) is 8.80. The van der Waals surface area contributed by atoms with Gasteiger partial charge in [0.2, 0.25) is 0 Å². The van der Waals surface area contributed by atoms with Crippen molar-refractivity contribution < 1.29 is 23.9 Å². The molecule has 0 saturated heterocycles. The fraction of sp³-hybridized carbons (Fsp3) is 0.286. The molecule has 2 N–H and O–H groups in total. The minimum Gasteiger partial charge on any atom is -0.462 e. The van der Waals surface area contributed by atoms with Crippen LogP contribution in [0, 0.1) is 0 Å². The van der Waals surface area contributed by atoms with Gasteiger partial charge in [0.05, 0.1) is 28.8 Å². The van der Waals surface area contributed by atoms with E-state index < -0.39 is 24.5 Å². The van der Waals surface area contributed by atoms with Gasteiger partial charge in [0.15, 0.2) is 6.61 Å². The number of anilines is 1. The van der Waals surface area contributed by atoms with Crippen LogP contribution in [0.15, 0.2) is 48.5 Å². The molecule has 2 heterocycles. The lowest BCUT2D eigenvalue weighted by Gasteiger charge is -2.09. The van der Waals surface area contributed by atoms with Crippen LogP contribution >= 0.6 is 11.3 Å². The largest absolute Gasteiger partial charge is 0.462 e. The van der Waals surface area contributed by atoms with Crippen LogP contribution < -0.4 is 5.32 Å². The van der Waals surface area contributed by atoms with Crippen molar-refractivity contribution in [2.45, 2.75) is 39.0 Å². The topological polar surface area (TPSA) is 110 Å². The summed E-state index contributed by atoms with van der Waals surface area (Å²) in [4.78, 5) is 46.9. The van der Waals surface area contributed by atoms with Gasteiger partial charge in [-0.05, 0) is 56.4 Å². The fourth-order valence-electron chi connectivity index (χ4n) is 4.50. The highest BCUT2D eigenvalue weighted by atomic mass is 32.1. The van der Waals surface area contributed by atoms with Crippen molar-refractivity contribution in [3.05, 3.63) is 70.1 Å². The number of benzene rings is 2. The van der Waals surface area contributed by atoms with E-state index in [9.17, 15) is 14.4 Å². The minimum absolute atomic E-state index is 0.252. The van der Waals surface area contributed by atoms with Crippen LogP contribution in [-0.2, 0) is 27.1 Å². The first-order chi connectivity index (χ1) is 18.0. The molecule has 37 heavy (non-hydrogen) atoms. The highest BCUT2D eigenvalue weighted by molar-refractivity contribution is 7.17. The zero-order valence-corrected chi connectivity index (χ0v) is 21.3. The number of rotatable bonds is 7. The molecule has 0 saturated carbocycles. The van der Waals surface area contributed by atoms with Gasteiger partial charge in [-0.3, -0.25) is 4.79 Å². The standard InChI is InChI=1S/C28H27N3O5S/c1-2-35-28(34)24-19-11-7-4-8-12-22(19)37-26(24)31-23(32)16-36-27(33)18-13-14-20-21(15-18)30-25(29-20)17-9-5-3-6-10-17/h3,5-6,9-10,13-15H,2,4,7-8,11-12,16H2,1H3,(H,29,30)(H,31,32). The van der Waals surface area contributed by atoms with Gasteiger partial charge in [0, 0.05) is 10.4 Å². The van der Waals surface area contributed by atoms with E-state index in [2.05, 4.69) is 15.3 Å². The van der Waals surface area contributed by atoms with Gasteiger partial charge >= 0.3 is 11.9 Å². The molecule has 190 valence electrons. The molecule has 2 aromatic carbocycles. The van der Waals surface area contributed by atoms with Gasteiger partial charge in [0.1, 0.15) is 10.8 Å². The maximum Gasteiger partial charge on any atom is 0.341 e. The van der Waals surface area contributed by atoms with Gasteiger partial charge in [0.25, 0.3) is 5.91 Å². The van der Waals surface area contributed by atoms with Crippen LogP contribution in [0.25, 0.3) is 22.4 Å². The first kappa shape index (κ1) is 24.7. The average Bonchev–Trinajstić information content (AvgIpc) is 3.41. The van der Waals surface area contributed by atoms with Gasteiger partial charge < -0.3 is 19.8 Å². The summed E-state index contributed by atoms with van der Waals surface area (Å²) in [5, 5.41) is 3.23. The number of amides is 1. The third-order valence-electron chi connectivity index (χ3n) is 6.25. The number of carbonyl (C=O) groups excluding carboxylic acids is 3. The van der Waals surface area contributed by atoms with Crippen LogP contribution in [0.4, 0.5) is 5.00 Å². The highest BCUT2D eigenvalue weighted by Crippen LogP contribution is 2.38. The first-order valence-electron chi connectivity index (χ1n) is 12.4. The summed E-state index contributed by atoms with van der Waals surface area (Å²) in [5.74, 6) is -0.867. The number of H-pyrrole nitrogens is 1. The summed E-state index contributed by atoms with van der Waals surface area (Å²) in [6.07, 6.45) is 4.81. The quantitative estimate of drug-likeness (QED) is 0.246. The Morgan fingerprint density at radius 2 is 1.81 bits per heavy atom. The molecule has 5 rings (SSSR count). The number of esters is 2. The number of hydrogen-bond acceptors (Lipinski definition) is 7. The van der Waals surface area contributed by atoms with Crippen LogP contribution in [0.2, 0.25) is 0 Å². The summed E-state index contributed by atoms with van der Waals surface area (Å²) in [6, 6.07) is 14.7. The Hall–Kier alpha value is -3.98. The number of hydrogen-bond donors (Lipinski definition) is 2. The molecule has 1 amide bonds.